The highest BCUT2D eigenvalue weighted by molar-refractivity contribution is 6.35. The minimum Gasteiger partial charge on any atom is -0.504 e. The standard InChI is InChI=1S/C25H22N2O6/c1-25(2,3)19-11-14(12-21(33-4)22(19)28)16-7-5-6-8-20(16)26-23(29)17-10-9-15(27(31)32)13-18(17)24(26)30/h5-13,28H,1-4H3. The number of hydrogen-bond donors (Lipinski definition) is 1. The monoisotopic (exact) mass is 446 g/mol. The molecule has 3 aromatic carbocycles. The molecule has 2 amide bonds. The molecule has 1 aliphatic heterocycles. The Hall–Kier alpha value is -4.20. The number of aromatic hydroxyl groups is 1. The van der Waals surface area contributed by atoms with Crippen LogP contribution in [0.3, 0.4) is 0 Å². The number of carbonyl (C=O) groups is 2. The second-order valence-electron chi connectivity index (χ2n) is 8.77. The molecule has 1 N–H and O–H groups in total. The molecule has 0 aliphatic carbocycles. The fourth-order valence-electron chi connectivity index (χ4n) is 3.96. The molecule has 4 rings (SSSR count). The quantitative estimate of drug-likeness (QED) is 0.340. The number of nitrogens with zero attached hydrogens (tertiary/aromatic N) is 2. The maximum atomic E-state index is 13.2. The highest BCUT2D eigenvalue weighted by Crippen LogP contribution is 2.44. The van der Waals surface area contributed by atoms with Crippen LogP contribution in [-0.2, 0) is 5.41 Å². The Morgan fingerprint density at radius 3 is 2.24 bits per heavy atom. The van der Waals surface area contributed by atoms with Crippen LogP contribution < -0.4 is 9.64 Å². The minimum absolute atomic E-state index is 0.0114. The van der Waals surface area contributed by atoms with Crippen LogP contribution in [0, 0.1) is 10.1 Å². The number of imide groups is 1. The number of para-hydroxylation sites is 1. The molecule has 0 saturated carbocycles. The zero-order valence-corrected chi connectivity index (χ0v) is 18.6. The molecule has 0 saturated heterocycles. The highest BCUT2D eigenvalue weighted by Gasteiger charge is 2.39. The fraction of sp³-hybridized carbons (Fsp3) is 0.200. The van der Waals surface area contributed by atoms with E-state index in [1.165, 1.54) is 19.2 Å². The van der Waals surface area contributed by atoms with E-state index in [9.17, 15) is 24.8 Å². The molecule has 3 aromatic rings. The fourth-order valence-corrected chi connectivity index (χ4v) is 3.96. The predicted octanol–water partition coefficient (Wildman–Crippen LogP) is 5.07. The molecule has 0 radical (unpaired) electrons. The number of benzene rings is 3. The highest BCUT2D eigenvalue weighted by atomic mass is 16.6. The van der Waals surface area contributed by atoms with Crippen molar-refractivity contribution in [2.24, 2.45) is 0 Å². The number of nitro groups is 1. The maximum Gasteiger partial charge on any atom is 0.270 e. The van der Waals surface area contributed by atoms with Crippen molar-refractivity contribution >= 4 is 23.2 Å². The Kier molecular flexibility index (Phi) is 5.16. The van der Waals surface area contributed by atoms with Gasteiger partial charge in [-0.25, -0.2) is 4.90 Å². The first-order chi connectivity index (χ1) is 15.5. The van der Waals surface area contributed by atoms with Crippen LogP contribution in [0.25, 0.3) is 11.1 Å². The van der Waals surface area contributed by atoms with Gasteiger partial charge in [0.05, 0.1) is 28.8 Å². The topological polar surface area (TPSA) is 110 Å². The zero-order valence-electron chi connectivity index (χ0n) is 18.6. The molecule has 0 atom stereocenters. The van der Waals surface area contributed by atoms with E-state index in [0.29, 0.717) is 22.4 Å². The van der Waals surface area contributed by atoms with Crippen LogP contribution in [0.5, 0.6) is 11.5 Å². The molecule has 0 bridgehead atoms. The Labute approximate surface area is 190 Å². The summed E-state index contributed by atoms with van der Waals surface area (Å²) in [6, 6.07) is 14.0. The lowest BCUT2D eigenvalue weighted by Gasteiger charge is -2.24. The summed E-state index contributed by atoms with van der Waals surface area (Å²) in [5, 5.41) is 21.8. The van der Waals surface area contributed by atoms with E-state index in [0.717, 1.165) is 11.0 Å². The van der Waals surface area contributed by atoms with Crippen LogP contribution >= 0.6 is 0 Å². The van der Waals surface area contributed by atoms with Crippen LogP contribution in [0.4, 0.5) is 11.4 Å². The van der Waals surface area contributed by atoms with Gasteiger partial charge in [0, 0.05) is 23.3 Å². The van der Waals surface area contributed by atoms with Gasteiger partial charge >= 0.3 is 0 Å². The van der Waals surface area contributed by atoms with E-state index in [1.54, 1.807) is 36.4 Å². The zero-order chi connectivity index (χ0) is 24.1. The number of carbonyl (C=O) groups excluding carboxylic acids is 2. The number of phenols is 1. The molecular formula is C25H22N2O6. The number of ether oxygens (including phenoxy) is 1. The Morgan fingerprint density at radius 2 is 1.61 bits per heavy atom. The molecular weight excluding hydrogens is 424 g/mol. The molecule has 0 unspecified atom stereocenters. The normalized spacial score (nSPS) is 13.3. The van der Waals surface area contributed by atoms with E-state index < -0.39 is 22.2 Å². The second kappa shape index (κ2) is 7.74. The van der Waals surface area contributed by atoms with Gasteiger partial charge in [-0.2, -0.15) is 0 Å². The van der Waals surface area contributed by atoms with Gasteiger partial charge in [0.15, 0.2) is 11.5 Å². The average Bonchev–Trinajstić information content (AvgIpc) is 3.02. The molecule has 1 aliphatic rings. The van der Waals surface area contributed by atoms with E-state index in [-0.39, 0.29) is 28.3 Å². The number of hydrogen-bond acceptors (Lipinski definition) is 6. The lowest BCUT2D eigenvalue weighted by atomic mass is 9.84. The van der Waals surface area contributed by atoms with Gasteiger partial charge in [0.25, 0.3) is 17.5 Å². The molecule has 168 valence electrons. The van der Waals surface area contributed by atoms with Crippen LogP contribution in [0.2, 0.25) is 0 Å². The smallest absolute Gasteiger partial charge is 0.270 e. The first-order valence-electron chi connectivity index (χ1n) is 10.2. The average molecular weight is 446 g/mol. The summed E-state index contributed by atoms with van der Waals surface area (Å²) in [5.74, 6) is -0.892. The maximum absolute atomic E-state index is 13.2. The summed E-state index contributed by atoms with van der Waals surface area (Å²) in [6.07, 6.45) is 0. The Morgan fingerprint density at radius 1 is 0.939 bits per heavy atom. The number of anilines is 1. The van der Waals surface area contributed by atoms with E-state index in [1.807, 2.05) is 20.8 Å². The van der Waals surface area contributed by atoms with Crippen molar-refractivity contribution in [3.8, 4) is 22.6 Å². The third-order valence-electron chi connectivity index (χ3n) is 5.64. The molecule has 8 heteroatoms. The van der Waals surface area contributed by atoms with Crippen molar-refractivity contribution in [2.45, 2.75) is 26.2 Å². The Balaban J connectivity index is 1.89. The molecule has 1 heterocycles. The first kappa shape index (κ1) is 22.0. The number of non-ortho nitro benzene ring substituents is 1. The summed E-state index contributed by atoms with van der Waals surface area (Å²) in [7, 11) is 1.45. The van der Waals surface area contributed by atoms with Crippen molar-refractivity contribution in [3.63, 3.8) is 0 Å². The summed E-state index contributed by atoms with van der Waals surface area (Å²) in [6.45, 7) is 5.86. The van der Waals surface area contributed by atoms with Gasteiger partial charge < -0.3 is 9.84 Å². The number of methoxy groups -OCH3 is 1. The third kappa shape index (κ3) is 3.59. The number of nitro benzene ring substituents is 1. The number of amides is 2. The molecule has 0 aromatic heterocycles. The first-order valence-corrected chi connectivity index (χ1v) is 10.2. The van der Waals surface area contributed by atoms with Gasteiger partial charge in [0.2, 0.25) is 0 Å². The largest absolute Gasteiger partial charge is 0.504 e. The predicted molar refractivity (Wildman–Crippen MR) is 123 cm³/mol. The molecule has 0 fully saturated rings. The van der Waals surface area contributed by atoms with Gasteiger partial charge in [0.1, 0.15) is 0 Å². The van der Waals surface area contributed by atoms with Crippen molar-refractivity contribution in [1.82, 2.24) is 0 Å². The van der Waals surface area contributed by atoms with Gasteiger partial charge in [-0.15, -0.1) is 0 Å². The second-order valence-corrected chi connectivity index (χ2v) is 8.77. The summed E-state index contributed by atoms with van der Waals surface area (Å²) >= 11 is 0. The lowest BCUT2D eigenvalue weighted by Crippen LogP contribution is -2.29. The van der Waals surface area contributed by atoms with Crippen molar-refractivity contribution in [2.75, 3.05) is 12.0 Å². The third-order valence-corrected chi connectivity index (χ3v) is 5.64. The van der Waals surface area contributed by atoms with E-state index in [2.05, 4.69) is 0 Å². The van der Waals surface area contributed by atoms with E-state index in [4.69, 9.17) is 4.74 Å². The van der Waals surface area contributed by atoms with Crippen molar-refractivity contribution < 1.29 is 24.4 Å². The SMILES string of the molecule is COc1cc(-c2ccccc2N2C(=O)c3ccc([N+](=O)[O-])cc3C2=O)cc(C(C)(C)C)c1O. The summed E-state index contributed by atoms with van der Waals surface area (Å²) in [4.78, 5) is 37.9. The van der Waals surface area contributed by atoms with Crippen LogP contribution in [0.1, 0.15) is 47.1 Å². The molecule has 0 spiro atoms. The number of fused-ring (bicyclic) bond motifs is 1. The van der Waals surface area contributed by atoms with Gasteiger partial charge in [-0.1, -0.05) is 39.0 Å². The lowest BCUT2D eigenvalue weighted by molar-refractivity contribution is -0.384. The van der Waals surface area contributed by atoms with Gasteiger partial charge in [-0.3, -0.25) is 19.7 Å². The van der Waals surface area contributed by atoms with Crippen LogP contribution in [-0.4, -0.2) is 29.0 Å². The van der Waals surface area contributed by atoms with Gasteiger partial charge in [-0.05, 0) is 35.2 Å². The Bertz CT molecular complexity index is 1320. The number of rotatable bonds is 4. The van der Waals surface area contributed by atoms with E-state index >= 15 is 0 Å². The van der Waals surface area contributed by atoms with Crippen molar-refractivity contribution in [1.29, 1.82) is 0 Å². The molecule has 8 nitrogen and oxygen atoms in total. The summed E-state index contributed by atoms with van der Waals surface area (Å²) < 4.78 is 5.38. The minimum atomic E-state index is -0.632. The van der Waals surface area contributed by atoms with Crippen LogP contribution in [0.15, 0.2) is 54.6 Å². The molecule has 33 heavy (non-hydrogen) atoms. The number of phenolic OH excluding ortho intramolecular Hbond substituents is 1. The van der Waals surface area contributed by atoms with Crippen molar-refractivity contribution in [3.05, 3.63) is 81.4 Å². The summed E-state index contributed by atoms with van der Waals surface area (Å²) in [5.41, 5.74) is 1.63.